The summed E-state index contributed by atoms with van der Waals surface area (Å²) in [6.07, 6.45) is 0. The number of hydrogen-bond donors (Lipinski definition) is 1. The summed E-state index contributed by atoms with van der Waals surface area (Å²) in [5, 5.41) is 13.4. The first-order valence-corrected chi connectivity index (χ1v) is 11.5. The van der Waals surface area contributed by atoms with Crippen molar-refractivity contribution < 1.29 is 24.0 Å². The number of likely N-dealkylation sites (N-methyl/N-ethyl adjacent to an activating group) is 1. The Bertz CT molecular complexity index is 1030. The Kier molecular flexibility index (Phi) is 7.38. The van der Waals surface area contributed by atoms with Gasteiger partial charge in [-0.25, -0.2) is 4.39 Å². The second-order valence-electron chi connectivity index (χ2n) is 9.56. The van der Waals surface area contributed by atoms with Crippen molar-refractivity contribution >= 4 is 17.4 Å². The van der Waals surface area contributed by atoms with Crippen molar-refractivity contribution in [2.75, 3.05) is 26.2 Å². The molecule has 0 saturated carbocycles. The number of nitrogens with one attached hydrogen (secondary N) is 1. The number of benzene rings is 2. The lowest BCUT2D eigenvalue weighted by atomic mass is 9.85. The highest BCUT2D eigenvalue weighted by molar-refractivity contribution is 6.46. The highest BCUT2D eigenvalue weighted by Crippen LogP contribution is 2.39. The van der Waals surface area contributed by atoms with E-state index in [0.29, 0.717) is 13.1 Å². The van der Waals surface area contributed by atoms with Crippen molar-refractivity contribution in [3.63, 3.8) is 0 Å². The maximum Gasteiger partial charge on any atom is 0.295 e. The summed E-state index contributed by atoms with van der Waals surface area (Å²) in [5.74, 6) is -2.43. The van der Waals surface area contributed by atoms with Crippen LogP contribution in [0.15, 0.2) is 54.1 Å². The van der Waals surface area contributed by atoms with E-state index >= 15 is 0 Å². The Balaban J connectivity index is 2.10. The summed E-state index contributed by atoms with van der Waals surface area (Å²) in [6, 6.07) is 12.1. The number of carbonyl (C=O) groups excluding carboxylic acids is 2. The molecule has 2 aromatic rings. The van der Waals surface area contributed by atoms with Crippen LogP contribution in [-0.2, 0) is 15.0 Å². The minimum atomic E-state index is -0.774. The number of hydrogen-bond acceptors (Lipinski definition) is 3. The number of rotatable bonds is 7. The van der Waals surface area contributed by atoms with Gasteiger partial charge in [0.2, 0.25) is 5.78 Å². The van der Waals surface area contributed by atoms with Crippen LogP contribution in [0.4, 0.5) is 4.39 Å². The van der Waals surface area contributed by atoms with Gasteiger partial charge in [-0.3, -0.25) is 9.59 Å². The lowest BCUT2D eigenvalue weighted by Gasteiger charge is -2.29. The summed E-state index contributed by atoms with van der Waals surface area (Å²) in [7, 11) is 0. The summed E-state index contributed by atoms with van der Waals surface area (Å²) in [6.45, 7) is 13.3. The maximum absolute atomic E-state index is 13.4. The third-order valence-corrected chi connectivity index (χ3v) is 6.43. The van der Waals surface area contributed by atoms with Crippen LogP contribution >= 0.6 is 0 Å². The SMILES string of the molecule is CC[NH+](CC)CCN1C(=O)C(=O)/C(=C(/[O-])c2ccc(F)cc2)C1c1ccc(C(C)(C)C)cc1. The van der Waals surface area contributed by atoms with Gasteiger partial charge in [0.05, 0.1) is 32.2 Å². The molecule has 1 aliphatic rings. The number of ketones is 1. The van der Waals surface area contributed by atoms with E-state index in [1.165, 1.54) is 34.1 Å². The molecule has 0 spiro atoms. The van der Waals surface area contributed by atoms with Crippen LogP contribution < -0.4 is 10.0 Å². The number of amides is 1. The van der Waals surface area contributed by atoms with Crippen molar-refractivity contribution in [2.24, 2.45) is 0 Å². The van der Waals surface area contributed by atoms with Gasteiger partial charge >= 0.3 is 0 Å². The molecule has 0 radical (unpaired) electrons. The van der Waals surface area contributed by atoms with Crippen molar-refractivity contribution in [1.29, 1.82) is 0 Å². The van der Waals surface area contributed by atoms with Crippen LogP contribution in [0.25, 0.3) is 5.76 Å². The molecule has 1 fully saturated rings. The topological polar surface area (TPSA) is 64.9 Å². The predicted octanol–water partition coefficient (Wildman–Crippen LogP) is 2.27. The van der Waals surface area contributed by atoms with Gasteiger partial charge in [0, 0.05) is 5.57 Å². The Morgan fingerprint density at radius 3 is 2.09 bits per heavy atom. The van der Waals surface area contributed by atoms with Crippen LogP contribution in [0.1, 0.15) is 57.4 Å². The second kappa shape index (κ2) is 9.87. The molecule has 33 heavy (non-hydrogen) atoms. The highest BCUT2D eigenvalue weighted by atomic mass is 19.1. The molecule has 6 heteroatoms. The average Bonchev–Trinajstić information content (AvgIpc) is 3.04. The van der Waals surface area contributed by atoms with Crippen LogP contribution in [0.2, 0.25) is 0 Å². The van der Waals surface area contributed by atoms with Gasteiger partial charge in [0.1, 0.15) is 5.82 Å². The van der Waals surface area contributed by atoms with Gasteiger partial charge in [0.25, 0.3) is 5.91 Å². The van der Waals surface area contributed by atoms with E-state index in [1.807, 2.05) is 24.3 Å². The minimum absolute atomic E-state index is 0.0535. The molecule has 1 atom stereocenters. The highest BCUT2D eigenvalue weighted by Gasteiger charge is 2.44. The molecule has 1 aliphatic heterocycles. The van der Waals surface area contributed by atoms with E-state index < -0.39 is 29.3 Å². The number of halogens is 1. The van der Waals surface area contributed by atoms with E-state index in [-0.39, 0.29) is 16.6 Å². The third-order valence-electron chi connectivity index (χ3n) is 6.43. The number of carbonyl (C=O) groups is 2. The summed E-state index contributed by atoms with van der Waals surface area (Å²) in [5.41, 5.74) is 1.92. The molecule has 1 saturated heterocycles. The monoisotopic (exact) mass is 452 g/mol. The molecular weight excluding hydrogens is 419 g/mol. The molecular formula is C27H33FN2O3. The molecule has 1 N–H and O–H groups in total. The summed E-state index contributed by atoms with van der Waals surface area (Å²) in [4.78, 5) is 28.9. The molecule has 0 aliphatic carbocycles. The number of Topliss-reactive ketones (excluding diaryl/α,β-unsaturated/α-hetero) is 1. The van der Waals surface area contributed by atoms with Gasteiger partial charge in [-0.05, 0) is 48.1 Å². The van der Waals surface area contributed by atoms with E-state index in [1.54, 1.807) is 0 Å². The Hall–Kier alpha value is -2.99. The molecule has 2 aromatic carbocycles. The summed E-state index contributed by atoms with van der Waals surface area (Å²) >= 11 is 0. The Morgan fingerprint density at radius 2 is 1.58 bits per heavy atom. The first-order chi connectivity index (χ1) is 15.6. The molecule has 0 bridgehead atoms. The average molecular weight is 453 g/mol. The van der Waals surface area contributed by atoms with Crippen LogP contribution in [-0.4, -0.2) is 42.8 Å². The van der Waals surface area contributed by atoms with Gasteiger partial charge < -0.3 is 14.9 Å². The normalized spacial score (nSPS) is 18.4. The standard InChI is InChI=1S/C27H33FN2O3/c1-6-29(7-2)16-17-30-23(18-8-12-20(13-9-18)27(3,4)5)22(25(32)26(30)33)24(31)19-10-14-21(28)15-11-19/h8-15,23,31H,6-7,16-17H2,1-5H3/b24-22+. The second-order valence-corrected chi connectivity index (χ2v) is 9.56. The van der Waals surface area contributed by atoms with Crippen LogP contribution in [0.5, 0.6) is 0 Å². The van der Waals surface area contributed by atoms with Crippen molar-refractivity contribution in [3.05, 3.63) is 76.6 Å². The molecule has 0 aromatic heterocycles. The molecule has 1 amide bonds. The van der Waals surface area contributed by atoms with Gasteiger partial charge in [0.15, 0.2) is 0 Å². The maximum atomic E-state index is 13.4. The lowest BCUT2D eigenvalue weighted by Crippen LogP contribution is -3.12. The van der Waals surface area contributed by atoms with Crippen molar-refractivity contribution in [2.45, 2.75) is 46.1 Å². The zero-order valence-corrected chi connectivity index (χ0v) is 20.1. The third kappa shape index (κ3) is 5.17. The zero-order valence-electron chi connectivity index (χ0n) is 20.1. The molecule has 1 unspecified atom stereocenters. The largest absolute Gasteiger partial charge is 0.872 e. The zero-order chi connectivity index (χ0) is 24.3. The van der Waals surface area contributed by atoms with Crippen molar-refractivity contribution in [1.82, 2.24) is 4.90 Å². The lowest BCUT2D eigenvalue weighted by molar-refractivity contribution is -0.895. The van der Waals surface area contributed by atoms with Crippen molar-refractivity contribution in [3.8, 4) is 0 Å². The Labute approximate surface area is 195 Å². The predicted molar refractivity (Wildman–Crippen MR) is 125 cm³/mol. The first-order valence-electron chi connectivity index (χ1n) is 11.5. The minimum Gasteiger partial charge on any atom is -0.872 e. The van der Waals surface area contributed by atoms with E-state index in [9.17, 15) is 19.1 Å². The molecule has 176 valence electrons. The fraction of sp³-hybridized carbons (Fsp3) is 0.407. The summed E-state index contributed by atoms with van der Waals surface area (Å²) < 4.78 is 13.4. The first kappa shape index (κ1) is 24.6. The van der Waals surface area contributed by atoms with Gasteiger partial charge in [-0.15, -0.1) is 0 Å². The quantitative estimate of drug-likeness (QED) is 0.398. The number of nitrogens with zero attached hydrogens (tertiary/aromatic N) is 1. The van der Waals surface area contributed by atoms with E-state index in [4.69, 9.17) is 0 Å². The van der Waals surface area contributed by atoms with Crippen LogP contribution in [0.3, 0.4) is 0 Å². The molecule has 5 nitrogen and oxygen atoms in total. The number of quaternary nitrogens is 1. The fourth-order valence-electron chi connectivity index (χ4n) is 4.25. The number of likely N-dealkylation sites (tertiary alicyclic amines) is 1. The van der Waals surface area contributed by atoms with E-state index in [2.05, 4.69) is 34.6 Å². The van der Waals surface area contributed by atoms with Gasteiger partial charge in [-0.2, -0.15) is 0 Å². The smallest absolute Gasteiger partial charge is 0.295 e. The Morgan fingerprint density at radius 1 is 1.00 bits per heavy atom. The van der Waals surface area contributed by atoms with Crippen LogP contribution in [0, 0.1) is 5.82 Å². The molecule has 1 heterocycles. The van der Waals surface area contributed by atoms with Gasteiger partial charge in [-0.1, -0.05) is 62.9 Å². The molecule has 3 rings (SSSR count). The van der Waals surface area contributed by atoms with E-state index in [0.717, 1.165) is 24.2 Å². The fourth-order valence-corrected chi connectivity index (χ4v) is 4.25.